The van der Waals surface area contributed by atoms with Crippen LogP contribution < -0.4 is 0 Å². The van der Waals surface area contributed by atoms with Crippen LogP contribution in [0.15, 0.2) is 30.3 Å². The Bertz CT molecular complexity index is 246. The lowest BCUT2D eigenvalue weighted by atomic mass is 10.1. The van der Waals surface area contributed by atoms with Crippen LogP contribution in [0.25, 0.3) is 0 Å². The molecule has 0 aliphatic carbocycles. The molecular weight excluding hydrogens is 208 g/mol. The number of thiol groups is 2. The molecule has 1 aromatic rings. The Morgan fingerprint density at radius 2 is 1.71 bits per heavy atom. The van der Waals surface area contributed by atoms with Gasteiger partial charge in [-0.2, -0.15) is 25.3 Å². The van der Waals surface area contributed by atoms with Crippen molar-refractivity contribution in [2.45, 2.75) is 36.7 Å². The fourth-order valence-corrected chi connectivity index (χ4v) is 2.34. The predicted octanol–water partition coefficient (Wildman–Crippen LogP) is 3.63. The first-order valence-electron chi connectivity index (χ1n) is 5.12. The van der Waals surface area contributed by atoms with E-state index in [2.05, 4.69) is 56.4 Å². The third-order valence-electron chi connectivity index (χ3n) is 2.33. The third kappa shape index (κ3) is 4.43. The van der Waals surface area contributed by atoms with Crippen molar-refractivity contribution < 1.29 is 0 Å². The molecule has 0 spiro atoms. The zero-order chi connectivity index (χ0) is 10.4. The van der Waals surface area contributed by atoms with Gasteiger partial charge in [-0.1, -0.05) is 37.3 Å². The molecule has 0 heterocycles. The molecule has 0 N–H and O–H groups in total. The van der Waals surface area contributed by atoms with Gasteiger partial charge >= 0.3 is 0 Å². The number of hydrogen-bond donors (Lipinski definition) is 2. The second-order valence-electron chi connectivity index (χ2n) is 3.64. The highest BCUT2D eigenvalue weighted by Gasteiger charge is 2.08. The number of hydrogen-bond acceptors (Lipinski definition) is 2. The van der Waals surface area contributed by atoms with Gasteiger partial charge in [0.05, 0.1) is 0 Å². The monoisotopic (exact) mass is 226 g/mol. The summed E-state index contributed by atoms with van der Waals surface area (Å²) in [5.41, 5.74) is 1.36. The lowest BCUT2D eigenvalue weighted by molar-refractivity contribution is 0.702. The van der Waals surface area contributed by atoms with Crippen LogP contribution in [-0.2, 0) is 6.42 Å². The molecule has 0 bridgehead atoms. The van der Waals surface area contributed by atoms with Gasteiger partial charge in [0.25, 0.3) is 0 Å². The van der Waals surface area contributed by atoms with Gasteiger partial charge in [-0.15, -0.1) is 0 Å². The number of rotatable bonds is 5. The van der Waals surface area contributed by atoms with E-state index in [1.165, 1.54) is 5.56 Å². The van der Waals surface area contributed by atoms with E-state index in [1.807, 2.05) is 6.07 Å². The Kier molecular flexibility index (Phi) is 5.49. The fraction of sp³-hybridized carbons (Fsp3) is 0.500. The first-order chi connectivity index (χ1) is 6.72. The Labute approximate surface area is 97.9 Å². The van der Waals surface area contributed by atoms with Crippen LogP contribution in [0.3, 0.4) is 0 Å². The van der Waals surface area contributed by atoms with E-state index in [-0.39, 0.29) is 0 Å². The van der Waals surface area contributed by atoms with Gasteiger partial charge in [0.2, 0.25) is 0 Å². The summed E-state index contributed by atoms with van der Waals surface area (Å²) < 4.78 is 0. The van der Waals surface area contributed by atoms with Crippen molar-refractivity contribution in [2.24, 2.45) is 0 Å². The fourth-order valence-electron chi connectivity index (χ4n) is 1.45. The van der Waals surface area contributed by atoms with E-state index in [0.717, 1.165) is 19.3 Å². The lowest BCUT2D eigenvalue weighted by Gasteiger charge is -2.14. The first kappa shape index (κ1) is 12.0. The Morgan fingerprint density at radius 3 is 2.29 bits per heavy atom. The topological polar surface area (TPSA) is 0 Å². The zero-order valence-corrected chi connectivity index (χ0v) is 10.3. The van der Waals surface area contributed by atoms with E-state index in [9.17, 15) is 0 Å². The van der Waals surface area contributed by atoms with Gasteiger partial charge in [0.1, 0.15) is 0 Å². The second kappa shape index (κ2) is 6.41. The van der Waals surface area contributed by atoms with Gasteiger partial charge in [-0.05, 0) is 24.8 Å². The molecule has 0 saturated carbocycles. The largest absolute Gasteiger partial charge is 0.176 e. The molecule has 0 aliphatic heterocycles. The second-order valence-corrected chi connectivity index (χ2v) is 5.10. The maximum Gasteiger partial charge on any atom is 0.00676 e. The summed E-state index contributed by atoms with van der Waals surface area (Å²) in [6, 6.07) is 10.5. The average Bonchev–Trinajstić information content (AvgIpc) is 2.19. The minimum Gasteiger partial charge on any atom is -0.176 e. The molecule has 2 heteroatoms. The maximum absolute atomic E-state index is 4.59. The summed E-state index contributed by atoms with van der Waals surface area (Å²) in [4.78, 5) is 0. The van der Waals surface area contributed by atoms with E-state index in [4.69, 9.17) is 0 Å². The quantitative estimate of drug-likeness (QED) is 0.704. The molecule has 14 heavy (non-hydrogen) atoms. The van der Waals surface area contributed by atoms with Crippen LogP contribution >= 0.6 is 25.3 Å². The molecular formula is C12H18S2. The van der Waals surface area contributed by atoms with Gasteiger partial charge in [-0.3, -0.25) is 0 Å². The van der Waals surface area contributed by atoms with Crippen LogP contribution in [0, 0.1) is 0 Å². The van der Waals surface area contributed by atoms with Crippen molar-refractivity contribution in [1.29, 1.82) is 0 Å². The normalized spacial score (nSPS) is 15.1. The molecule has 0 amide bonds. The maximum atomic E-state index is 4.59. The molecule has 1 rings (SSSR count). The summed E-state index contributed by atoms with van der Waals surface area (Å²) >= 11 is 9.07. The predicted molar refractivity (Wildman–Crippen MR) is 70.6 cm³/mol. The van der Waals surface area contributed by atoms with Crippen molar-refractivity contribution in [1.82, 2.24) is 0 Å². The summed E-state index contributed by atoms with van der Waals surface area (Å²) in [6.45, 7) is 2.17. The summed E-state index contributed by atoms with van der Waals surface area (Å²) in [5.74, 6) is 0. The van der Waals surface area contributed by atoms with E-state index < -0.39 is 0 Å². The van der Waals surface area contributed by atoms with Crippen molar-refractivity contribution in [3.05, 3.63) is 35.9 Å². The first-order valence-corrected chi connectivity index (χ1v) is 6.15. The number of benzene rings is 1. The van der Waals surface area contributed by atoms with Crippen molar-refractivity contribution in [3.8, 4) is 0 Å². The van der Waals surface area contributed by atoms with E-state index >= 15 is 0 Å². The van der Waals surface area contributed by atoms with Crippen LogP contribution in [0.2, 0.25) is 0 Å². The van der Waals surface area contributed by atoms with Crippen LogP contribution in [0.1, 0.15) is 25.3 Å². The van der Waals surface area contributed by atoms with E-state index in [0.29, 0.717) is 10.5 Å². The van der Waals surface area contributed by atoms with Gasteiger partial charge in [0, 0.05) is 10.5 Å². The molecule has 0 fully saturated rings. The molecule has 0 nitrogen and oxygen atoms in total. The van der Waals surface area contributed by atoms with Gasteiger partial charge in [-0.25, -0.2) is 0 Å². The highest BCUT2D eigenvalue weighted by Crippen LogP contribution is 2.17. The molecule has 0 aliphatic rings. The molecule has 78 valence electrons. The van der Waals surface area contributed by atoms with Crippen LogP contribution in [-0.4, -0.2) is 10.5 Å². The molecule has 0 radical (unpaired) electrons. The van der Waals surface area contributed by atoms with Gasteiger partial charge < -0.3 is 0 Å². The molecule has 1 aromatic carbocycles. The van der Waals surface area contributed by atoms with E-state index in [1.54, 1.807) is 0 Å². The summed E-state index contributed by atoms with van der Waals surface area (Å²) in [5, 5.41) is 0.918. The smallest absolute Gasteiger partial charge is 0.00676 e. The van der Waals surface area contributed by atoms with Crippen molar-refractivity contribution in [3.63, 3.8) is 0 Å². The highest BCUT2D eigenvalue weighted by atomic mass is 32.1. The summed E-state index contributed by atoms with van der Waals surface area (Å²) in [7, 11) is 0. The van der Waals surface area contributed by atoms with Crippen LogP contribution in [0.4, 0.5) is 0 Å². The summed E-state index contributed by atoms with van der Waals surface area (Å²) in [6.07, 6.45) is 3.24. The van der Waals surface area contributed by atoms with Crippen molar-refractivity contribution >= 4 is 25.3 Å². The van der Waals surface area contributed by atoms with Gasteiger partial charge in [0.15, 0.2) is 0 Å². The lowest BCUT2D eigenvalue weighted by Crippen LogP contribution is -2.10. The Balaban J connectivity index is 2.37. The molecule has 0 aromatic heterocycles. The third-order valence-corrected chi connectivity index (χ3v) is 3.30. The Hall–Kier alpha value is -0.0800. The molecule has 2 unspecified atom stereocenters. The average molecular weight is 226 g/mol. The van der Waals surface area contributed by atoms with Crippen LogP contribution in [0.5, 0.6) is 0 Å². The standard InChI is InChI=1S/C12H18S2/c1-2-11(13)9-12(14)8-10-6-4-3-5-7-10/h3-7,11-14H,2,8-9H2,1H3. The molecule has 0 saturated heterocycles. The highest BCUT2D eigenvalue weighted by molar-refractivity contribution is 7.81. The molecule has 2 atom stereocenters. The minimum absolute atomic E-state index is 0.430. The Morgan fingerprint density at radius 1 is 1.07 bits per heavy atom. The SMILES string of the molecule is CCC(S)CC(S)Cc1ccccc1. The zero-order valence-electron chi connectivity index (χ0n) is 8.56. The van der Waals surface area contributed by atoms with Crippen molar-refractivity contribution in [2.75, 3.05) is 0 Å². The minimum atomic E-state index is 0.430.